The highest BCUT2D eigenvalue weighted by molar-refractivity contribution is 5.79. The Bertz CT molecular complexity index is 513. The predicted octanol–water partition coefficient (Wildman–Crippen LogP) is 1.74. The number of para-hydroxylation sites is 1. The number of pyridine rings is 1. The SMILES string of the molecule is NC(=O)NNc1ccccc1-c1ccccn1. The molecule has 0 aliphatic heterocycles. The molecule has 86 valence electrons. The van der Waals surface area contributed by atoms with E-state index in [9.17, 15) is 4.79 Å². The topological polar surface area (TPSA) is 80.0 Å². The molecule has 5 heteroatoms. The van der Waals surface area contributed by atoms with Crippen molar-refractivity contribution in [2.75, 3.05) is 5.43 Å². The van der Waals surface area contributed by atoms with E-state index < -0.39 is 6.03 Å². The van der Waals surface area contributed by atoms with Crippen LogP contribution in [0.1, 0.15) is 0 Å². The zero-order valence-electron chi connectivity index (χ0n) is 9.05. The maximum atomic E-state index is 10.7. The number of primary amides is 1. The first-order valence-electron chi connectivity index (χ1n) is 5.09. The molecular weight excluding hydrogens is 216 g/mol. The van der Waals surface area contributed by atoms with Gasteiger partial charge in [-0.1, -0.05) is 24.3 Å². The van der Waals surface area contributed by atoms with Gasteiger partial charge in [0.05, 0.1) is 11.4 Å². The van der Waals surface area contributed by atoms with Gasteiger partial charge in [0.1, 0.15) is 0 Å². The number of amides is 2. The Morgan fingerprint density at radius 3 is 2.59 bits per heavy atom. The molecule has 2 rings (SSSR count). The quantitative estimate of drug-likeness (QED) is 0.700. The van der Waals surface area contributed by atoms with Crippen LogP contribution in [0.2, 0.25) is 0 Å². The molecule has 0 spiro atoms. The van der Waals surface area contributed by atoms with Gasteiger partial charge in [0.15, 0.2) is 0 Å². The zero-order valence-corrected chi connectivity index (χ0v) is 9.05. The first kappa shape index (κ1) is 10.9. The summed E-state index contributed by atoms with van der Waals surface area (Å²) in [5.74, 6) is 0. The molecule has 17 heavy (non-hydrogen) atoms. The third kappa shape index (κ3) is 2.72. The van der Waals surface area contributed by atoms with Crippen molar-refractivity contribution in [1.82, 2.24) is 10.4 Å². The fraction of sp³-hybridized carbons (Fsp3) is 0. The third-order valence-electron chi connectivity index (χ3n) is 2.19. The first-order chi connectivity index (χ1) is 8.27. The molecule has 5 nitrogen and oxygen atoms in total. The van der Waals surface area contributed by atoms with Gasteiger partial charge in [-0.3, -0.25) is 15.8 Å². The van der Waals surface area contributed by atoms with Crippen LogP contribution in [0.5, 0.6) is 0 Å². The maximum Gasteiger partial charge on any atom is 0.330 e. The summed E-state index contributed by atoms with van der Waals surface area (Å²) in [6.45, 7) is 0. The van der Waals surface area contributed by atoms with Gasteiger partial charge < -0.3 is 5.73 Å². The van der Waals surface area contributed by atoms with Crippen molar-refractivity contribution in [3.8, 4) is 11.3 Å². The molecule has 4 N–H and O–H groups in total. The summed E-state index contributed by atoms with van der Waals surface area (Å²) >= 11 is 0. The Kier molecular flexibility index (Phi) is 3.20. The average molecular weight is 228 g/mol. The summed E-state index contributed by atoms with van der Waals surface area (Å²) < 4.78 is 0. The molecule has 0 radical (unpaired) electrons. The van der Waals surface area contributed by atoms with Crippen molar-refractivity contribution in [3.63, 3.8) is 0 Å². The lowest BCUT2D eigenvalue weighted by Gasteiger charge is -2.11. The third-order valence-corrected chi connectivity index (χ3v) is 2.19. The fourth-order valence-electron chi connectivity index (χ4n) is 1.47. The number of carbonyl (C=O) groups is 1. The Morgan fingerprint density at radius 1 is 1.12 bits per heavy atom. The van der Waals surface area contributed by atoms with Gasteiger partial charge in [-0.05, 0) is 18.2 Å². The van der Waals surface area contributed by atoms with Crippen LogP contribution in [0.25, 0.3) is 11.3 Å². The molecule has 1 aromatic heterocycles. The minimum absolute atomic E-state index is 0.638. The number of rotatable bonds is 3. The van der Waals surface area contributed by atoms with Crippen LogP contribution in [0.15, 0.2) is 48.7 Å². The molecule has 0 aliphatic rings. The Hall–Kier alpha value is -2.56. The van der Waals surface area contributed by atoms with Gasteiger partial charge in [-0.2, -0.15) is 0 Å². The zero-order chi connectivity index (χ0) is 12.1. The summed E-state index contributed by atoms with van der Waals surface area (Å²) in [6, 6.07) is 12.5. The number of nitrogens with zero attached hydrogens (tertiary/aromatic N) is 1. The van der Waals surface area contributed by atoms with Crippen molar-refractivity contribution >= 4 is 11.7 Å². The summed E-state index contributed by atoms with van der Waals surface area (Å²) in [4.78, 5) is 14.9. The summed E-state index contributed by atoms with van der Waals surface area (Å²) in [6.07, 6.45) is 1.72. The van der Waals surface area contributed by atoms with E-state index in [1.165, 1.54) is 0 Å². The van der Waals surface area contributed by atoms with Crippen molar-refractivity contribution in [1.29, 1.82) is 0 Å². The number of benzene rings is 1. The van der Waals surface area contributed by atoms with E-state index >= 15 is 0 Å². The molecule has 0 atom stereocenters. The molecule has 0 saturated heterocycles. The monoisotopic (exact) mass is 228 g/mol. The first-order valence-corrected chi connectivity index (χ1v) is 5.09. The average Bonchev–Trinajstić information content (AvgIpc) is 2.38. The van der Waals surface area contributed by atoms with Gasteiger partial charge >= 0.3 is 6.03 Å². The van der Waals surface area contributed by atoms with Crippen LogP contribution in [0.4, 0.5) is 10.5 Å². The second-order valence-corrected chi connectivity index (χ2v) is 3.37. The molecule has 2 aromatic rings. The number of nitrogens with two attached hydrogens (primary N) is 1. The lowest BCUT2D eigenvalue weighted by atomic mass is 10.1. The lowest BCUT2D eigenvalue weighted by molar-refractivity contribution is 0.250. The smallest absolute Gasteiger partial charge is 0.330 e. The number of carbonyl (C=O) groups excluding carboxylic acids is 1. The van der Waals surface area contributed by atoms with Crippen molar-refractivity contribution in [2.45, 2.75) is 0 Å². The minimum Gasteiger partial charge on any atom is -0.350 e. The van der Waals surface area contributed by atoms with E-state index in [4.69, 9.17) is 5.73 Å². The molecule has 2 amide bonds. The molecule has 1 heterocycles. The van der Waals surface area contributed by atoms with Crippen molar-refractivity contribution < 1.29 is 4.79 Å². The molecule has 1 aromatic carbocycles. The van der Waals surface area contributed by atoms with Crippen LogP contribution in [0.3, 0.4) is 0 Å². The van der Waals surface area contributed by atoms with Crippen molar-refractivity contribution in [2.24, 2.45) is 5.73 Å². The number of hydrogen-bond acceptors (Lipinski definition) is 3. The summed E-state index contributed by atoms with van der Waals surface area (Å²) in [7, 11) is 0. The molecule has 0 aliphatic carbocycles. The largest absolute Gasteiger partial charge is 0.350 e. The normalized spacial score (nSPS) is 9.65. The minimum atomic E-state index is -0.638. The van der Waals surface area contributed by atoms with Gasteiger partial charge in [-0.25, -0.2) is 4.79 Å². The van der Waals surface area contributed by atoms with Crippen LogP contribution in [0, 0.1) is 0 Å². The number of hydrogen-bond donors (Lipinski definition) is 3. The van der Waals surface area contributed by atoms with E-state index in [0.29, 0.717) is 0 Å². The molecule has 0 unspecified atom stereocenters. The molecule has 0 saturated carbocycles. The van der Waals surface area contributed by atoms with E-state index in [-0.39, 0.29) is 0 Å². The van der Waals surface area contributed by atoms with E-state index in [0.717, 1.165) is 16.9 Å². The number of urea groups is 1. The number of hydrazine groups is 1. The fourth-order valence-corrected chi connectivity index (χ4v) is 1.47. The van der Waals surface area contributed by atoms with Gasteiger partial charge in [0.2, 0.25) is 0 Å². The highest BCUT2D eigenvalue weighted by Gasteiger charge is 2.04. The second kappa shape index (κ2) is 4.98. The predicted molar refractivity (Wildman–Crippen MR) is 66.0 cm³/mol. The number of aromatic nitrogens is 1. The highest BCUT2D eigenvalue weighted by Crippen LogP contribution is 2.24. The van der Waals surface area contributed by atoms with Gasteiger partial charge in [0.25, 0.3) is 0 Å². The van der Waals surface area contributed by atoms with Crippen LogP contribution in [-0.4, -0.2) is 11.0 Å². The van der Waals surface area contributed by atoms with Crippen LogP contribution >= 0.6 is 0 Å². The Morgan fingerprint density at radius 2 is 1.88 bits per heavy atom. The highest BCUT2D eigenvalue weighted by atomic mass is 16.2. The Balaban J connectivity index is 2.31. The van der Waals surface area contributed by atoms with Gasteiger partial charge in [-0.15, -0.1) is 0 Å². The Labute approximate surface area is 98.6 Å². The maximum absolute atomic E-state index is 10.7. The van der Waals surface area contributed by atoms with Crippen LogP contribution in [-0.2, 0) is 0 Å². The molecule has 0 fully saturated rings. The number of nitrogens with one attached hydrogen (secondary N) is 2. The standard InChI is InChI=1S/C12H12N4O/c13-12(17)16-15-11-7-2-1-5-9(11)10-6-3-4-8-14-10/h1-8,15H,(H3,13,16,17). The lowest BCUT2D eigenvalue weighted by Crippen LogP contribution is -2.34. The second-order valence-electron chi connectivity index (χ2n) is 3.37. The van der Waals surface area contributed by atoms with Crippen molar-refractivity contribution in [3.05, 3.63) is 48.7 Å². The summed E-state index contributed by atoms with van der Waals surface area (Å²) in [5.41, 5.74) is 12.5. The van der Waals surface area contributed by atoms with E-state index in [1.54, 1.807) is 6.20 Å². The van der Waals surface area contributed by atoms with E-state index in [2.05, 4.69) is 15.8 Å². The number of anilines is 1. The summed E-state index contributed by atoms with van der Waals surface area (Å²) in [5, 5.41) is 0. The molecule has 0 bridgehead atoms. The molecular formula is C12H12N4O. The van der Waals surface area contributed by atoms with Gasteiger partial charge in [0, 0.05) is 11.8 Å². The van der Waals surface area contributed by atoms with Crippen LogP contribution < -0.4 is 16.6 Å². The van der Waals surface area contributed by atoms with E-state index in [1.807, 2.05) is 42.5 Å².